The Kier molecular flexibility index (Phi) is 4.53. The van der Waals surface area contributed by atoms with Crippen LogP contribution < -0.4 is 10.6 Å². The predicted molar refractivity (Wildman–Crippen MR) is 80.3 cm³/mol. The van der Waals surface area contributed by atoms with Crippen LogP contribution in [-0.4, -0.2) is 22.4 Å². The Hall–Kier alpha value is -2.14. The van der Waals surface area contributed by atoms with Crippen LogP contribution in [0.25, 0.3) is 0 Å². The lowest BCUT2D eigenvalue weighted by atomic mass is 10.1. The summed E-state index contributed by atoms with van der Waals surface area (Å²) < 4.78 is 0. The summed E-state index contributed by atoms with van der Waals surface area (Å²) >= 11 is 5.85. The van der Waals surface area contributed by atoms with Crippen LogP contribution in [0, 0.1) is 6.92 Å². The van der Waals surface area contributed by atoms with E-state index in [1.165, 1.54) is 0 Å². The molecule has 0 unspecified atom stereocenters. The molecule has 0 saturated heterocycles. The molecule has 0 aliphatic carbocycles. The summed E-state index contributed by atoms with van der Waals surface area (Å²) in [5.41, 5.74) is 2.00. The SMILES string of the molecule is CCNc1ccccc1C(=O)Nc1nc(C)cc(Cl)n1. The molecular weight excluding hydrogens is 276 g/mol. The number of carbonyl (C=O) groups excluding carboxylic acids is 1. The number of amides is 1. The fraction of sp³-hybridized carbons (Fsp3) is 0.214. The first-order valence-corrected chi connectivity index (χ1v) is 6.63. The second-order valence-electron chi connectivity index (χ2n) is 4.19. The number of nitrogens with one attached hydrogen (secondary N) is 2. The van der Waals surface area contributed by atoms with E-state index in [0.717, 1.165) is 12.2 Å². The third-order valence-corrected chi connectivity index (χ3v) is 2.78. The predicted octanol–water partition coefficient (Wildman–Crippen LogP) is 3.12. The van der Waals surface area contributed by atoms with E-state index < -0.39 is 0 Å². The van der Waals surface area contributed by atoms with Crippen LogP contribution in [0.2, 0.25) is 5.15 Å². The topological polar surface area (TPSA) is 66.9 Å². The van der Waals surface area contributed by atoms with Crippen molar-refractivity contribution in [1.82, 2.24) is 9.97 Å². The number of hydrogen-bond donors (Lipinski definition) is 2. The fourth-order valence-electron chi connectivity index (χ4n) is 1.78. The number of para-hydroxylation sites is 1. The van der Waals surface area contributed by atoms with Gasteiger partial charge in [-0.3, -0.25) is 10.1 Å². The van der Waals surface area contributed by atoms with Crippen LogP contribution in [0.4, 0.5) is 11.6 Å². The molecule has 20 heavy (non-hydrogen) atoms. The van der Waals surface area contributed by atoms with Gasteiger partial charge >= 0.3 is 0 Å². The molecule has 1 aromatic carbocycles. The first kappa shape index (κ1) is 14.3. The number of rotatable bonds is 4. The van der Waals surface area contributed by atoms with Crippen molar-refractivity contribution in [2.24, 2.45) is 0 Å². The molecule has 5 nitrogen and oxygen atoms in total. The van der Waals surface area contributed by atoms with Gasteiger partial charge in [0.05, 0.1) is 5.56 Å². The summed E-state index contributed by atoms with van der Waals surface area (Å²) in [4.78, 5) is 20.4. The molecule has 1 heterocycles. The highest BCUT2D eigenvalue weighted by Gasteiger charge is 2.12. The highest BCUT2D eigenvalue weighted by Crippen LogP contribution is 2.17. The smallest absolute Gasteiger partial charge is 0.260 e. The number of aryl methyl sites for hydroxylation is 1. The second kappa shape index (κ2) is 6.34. The summed E-state index contributed by atoms with van der Waals surface area (Å²) in [5.74, 6) is -0.0745. The maximum Gasteiger partial charge on any atom is 0.260 e. The number of benzene rings is 1. The minimum atomic E-state index is -0.275. The normalized spacial score (nSPS) is 10.2. The van der Waals surface area contributed by atoms with Crippen LogP contribution >= 0.6 is 11.6 Å². The molecule has 104 valence electrons. The van der Waals surface area contributed by atoms with Gasteiger partial charge in [0.2, 0.25) is 5.95 Å². The maximum absolute atomic E-state index is 12.3. The molecule has 0 radical (unpaired) electrons. The average molecular weight is 291 g/mol. The Bertz CT molecular complexity index is 610. The van der Waals surface area contributed by atoms with Crippen LogP contribution in [0.5, 0.6) is 0 Å². The molecule has 0 spiro atoms. The number of carbonyl (C=O) groups is 1. The van der Waals surface area contributed by atoms with Crippen molar-refractivity contribution in [3.8, 4) is 0 Å². The van der Waals surface area contributed by atoms with Gasteiger partial charge in [-0.1, -0.05) is 23.7 Å². The van der Waals surface area contributed by atoms with Gasteiger partial charge in [0.1, 0.15) is 5.15 Å². The molecule has 0 aliphatic rings. The summed E-state index contributed by atoms with van der Waals surface area (Å²) in [6.45, 7) is 4.49. The summed E-state index contributed by atoms with van der Waals surface area (Å²) in [6.07, 6.45) is 0. The van der Waals surface area contributed by atoms with Crippen LogP contribution in [0.1, 0.15) is 23.0 Å². The monoisotopic (exact) mass is 290 g/mol. The molecule has 2 rings (SSSR count). The Morgan fingerprint density at radius 1 is 1.30 bits per heavy atom. The minimum Gasteiger partial charge on any atom is -0.385 e. The van der Waals surface area contributed by atoms with Crippen molar-refractivity contribution < 1.29 is 4.79 Å². The molecule has 0 atom stereocenters. The Morgan fingerprint density at radius 3 is 2.75 bits per heavy atom. The number of nitrogens with zero attached hydrogens (tertiary/aromatic N) is 2. The quantitative estimate of drug-likeness (QED) is 0.849. The van der Waals surface area contributed by atoms with Gasteiger partial charge in [0, 0.05) is 17.9 Å². The molecule has 1 amide bonds. The lowest BCUT2D eigenvalue weighted by Crippen LogP contribution is -2.16. The lowest BCUT2D eigenvalue weighted by molar-refractivity contribution is 0.102. The zero-order valence-electron chi connectivity index (χ0n) is 11.3. The maximum atomic E-state index is 12.3. The van der Waals surface area contributed by atoms with E-state index >= 15 is 0 Å². The highest BCUT2D eigenvalue weighted by atomic mass is 35.5. The second-order valence-corrected chi connectivity index (χ2v) is 4.57. The van der Waals surface area contributed by atoms with Gasteiger partial charge in [0.15, 0.2) is 0 Å². The molecule has 0 aliphatic heterocycles. The molecule has 0 fully saturated rings. The van der Waals surface area contributed by atoms with Gasteiger partial charge in [-0.25, -0.2) is 9.97 Å². The van der Waals surface area contributed by atoms with E-state index in [0.29, 0.717) is 16.4 Å². The van der Waals surface area contributed by atoms with E-state index in [1.807, 2.05) is 19.1 Å². The van der Waals surface area contributed by atoms with E-state index in [9.17, 15) is 4.79 Å². The lowest BCUT2D eigenvalue weighted by Gasteiger charge is -2.10. The minimum absolute atomic E-state index is 0.200. The van der Waals surface area contributed by atoms with Gasteiger partial charge in [-0.15, -0.1) is 0 Å². The summed E-state index contributed by atoms with van der Waals surface area (Å²) in [6, 6.07) is 8.89. The number of halogens is 1. The summed E-state index contributed by atoms with van der Waals surface area (Å²) in [5, 5.41) is 6.09. The Balaban J connectivity index is 2.23. The van der Waals surface area contributed by atoms with Gasteiger partial charge in [-0.05, 0) is 32.0 Å². The van der Waals surface area contributed by atoms with Crippen molar-refractivity contribution >= 4 is 29.1 Å². The number of hydrogen-bond acceptors (Lipinski definition) is 4. The van der Waals surface area contributed by atoms with Crippen LogP contribution in [-0.2, 0) is 0 Å². The number of aromatic nitrogens is 2. The van der Waals surface area contributed by atoms with Gasteiger partial charge in [-0.2, -0.15) is 0 Å². The van der Waals surface area contributed by atoms with E-state index in [2.05, 4.69) is 20.6 Å². The van der Waals surface area contributed by atoms with E-state index in [1.54, 1.807) is 25.1 Å². The van der Waals surface area contributed by atoms with Crippen molar-refractivity contribution in [3.63, 3.8) is 0 Å². The summed E-state index contributed by atoms with van der Waals surface area (Å²) in [7, 11) is 0. The molecule has 0 bridgehead atoms. The molecule has 2 N–H and O–H groups in total. The van der Waals surface area contributed by atoms with Crippen molar-refractivity contribution in [2.45, 2.75) is 13.8 Å². The van der Waals surface area contributed by atoms with Crippen LogP contribution in [0.15, 0.2) is 30.3 Å². The van der Waals surface area contributed by atoms with E-state index in [4.69, 9.17) is 11.6 Å². The van der Waals surface area contributed by atoms with Gasteiger partial charge in [0.25, 0.3) is 5.91 Å². The van der Waals surface area contributed by atoms with Crippen molar-refractivity contribution in [3.05, 3.63) is 46.7 Å². The zero-order valence-corrected chi connectivity index (χ0v) is 12.0. The third-order valence-electron chi connectivity index (χ3n) is 2.59. The van der Waals surface area contributed by atoms with Crippen LogP contribution in [0.3, 0.4) is 0 Å². The fourth-order valence-corrected chi connectivity index (χ4v) is 2.02. The first-order chi connectivity index (χ1) is 9.60. The number of anilines is 2. The van der Waals surface area contributed by atoms with E-state index in [-0.39, 0.29) is 11.9 Å². The highest BCUT2D eigenvalue weighted by molar-refractivity contribution is 6.29. The standard InChI is InChI=1S/C14H15ClN4O/c1-3-16-11-7-5-4-6-10(11)13(20)19-14-17-9(2)8-12(15)18-14/h4-8,16H,3H2,1-2H3,(H,17,18,19,20). The molecule has 2 aromatic rings. The largest absolute Gasteiger partial charge is 0.385 e. The molecule has 1 aromatic heterocycles. The van der Waals surface area contributed by atoms with Gasteiger partial charge < -0.3 is 5.32 Å². The molecule has 6 heteroatoms. The van der Waals surface area contributed by atoms with Crippen molar-refractivity contribution in [2.75, 3.05) is 17.2 Å². The third kappa shape index (κ3) is 3.45. The Morgan fingerprint density at radius 2 is 2.05 bits per heavy atom. The van der Waals surface area contributed by atoms with Crippen molar-refractivity contribution in [1.29, 1.82) is 0 Å². The molecule has 0 saturated carbocycles. The zero-order chi connectivity index (χ0) is 14.5. The first-order valence-electron chi connectivity index (χ1n) is 6.25. The molecular formula is C14H15ClN4O. The average Bonchev–Trinajstić information content (AvgIpc) is 2.38. The Labute approximate surface area is 122 Å².